The number of nitro benzene ring substituents is 1. The molecule has 0 radical (unpaired) electrons. The summed E-state index contributed by atoms with van der Waals surface area (Å²) in [6.07, 6.45) is 1.50. The lowest BCUT2D eigenvalue weighted by Crippen LogP contribution is -2.14. The maximum absolute atomic E-state index is 11.3. The predicted octanol–water partition coefficient (Wildman–Crippen LogP) is 3.15. The Hall–Kier alpha value is -3.19. The smallest absolute Gasteiger partial charge is 0.279 e. The number of phenolic OH excluding ortho intramolecular Hbond substituents is 1. The number of aromatic nitrogens is 1. The fourth-order valence-electron chi connectivity index (χ4n) is 2.73. The minimum atomic E-state index is -0.465. The van der Waals surface area contributed by atoms with Gasteiger partial charge in [-0.1, -0.05) is 18.2 Å². The van der Waals surface area contributed by atoms with Crippen molar-refractivity contribution in [1.82, 2.24) is 10.3 Å². The number of aromatic hydroxyl groups is 1. The van der Waals surface area contributed by atoms with E-state index in [1.54, 1.807) is 19.2 Å². The van der Waals surface area contributed by atoms with Crippen LogP contribution < -0.4 is 10.1 Å². The summed E-state index contributed by atoms with van der Waals surface area (Å²) in [6, 6.07) is 12.1. The molecule has 25 heavy (non-hydrogen) atoms. The van der Waals surface area contributed by atoms with E-state index < -0.39 is 4.92 Å². The first-order valence-corrected chi connectivity index (χ1v) is 7.68. The highest BCUT2D eigenvalue weighted by atomic mass is 16.6. The Bertz CT molecular complexity index is 927. The van der Waals surface area contributed by atoms with Gasteiger partial charge in [0.25, 0.3) is 5.69 Å². The van der Waals surface area contributed by atoms with E-state index in [2.05, 4.69) is 10.3 Å². The van der Waals surface area contributed by atoms with Crippen molar-refractivity contribution in [3.05, 3.63) is 69.9 Å². The van der Waals surface area contributed by atoms with Crippen LogP contribution in [0.5, 0.6) is 11.5 Å². The SMILES string of the molecule is COc1ccccc1CNCc1cc([N+](=O)[O-])c2cccnc2c1O. The Morgan fingerprint density at radius 1 is 1.20 bits per heavy atom. The summed E-state index contributed by atoms with van der Waals surface area (Å²) in [5.74, 6) is 0.708. The molecule has 0 amide bonds. The molecular formula is C18H17N3O4. The molecule has 7 heteroatoms. The van der Waals surface area contributed by atoms with E-state index in [4.69, 9.17) is 4.74 Å². The molecule has 0 atom stereocenters. The van der Waals surface area contributed by atoms with Crippen LogP contribution in [-0.2, 0) is 13.1 Å². The fraction of sp³-hybridized carbons (Fsp3) is 0.167. The van der Waals surface area contributed by atoms with Gasteiger partial charge in [-0.2, -0.15) is 0 Å². The molecule has 1 aromatic heterocycles. The molecule has 0 saturated heterocycles. The number of para-hydroxylation sites is 1. The van der Waals surface area contributed by atoms with E-state index >= 15 is 0 Å². The molecule has 0 bridgehead atoms. The topological polar surface area (TPSA) is 97.5 Å². The van der Waals surface area contributed by atoms with Crippen LogP contribution >= 0.6 is 0 Å². The van der Waals surface area contributed by atoms with Gasteiger partial charge in [-0.3, -0.25) is 15.1 Å². The number of ether oxygens (including phenoxy) is 1. The third-order valence-corrected chi connectivity index (χ3v) is 3.94. The second-order valence-corrected chi connectivity index (χ2v) is 5.48. The van der Waals surface area contributed by atoms with Crippen LogP contribution in [0.25, 0.3) is 10.9 Å². The Morgan fingerprint density at radius 3 is 2.72 bits per heavy atom. The molecule has 0 saturated carbocycles. The number of non-ortho nitro benzene ring substituents is 1. The molecule has 0 unspecified atom stereocenters. The number of nitrogens with one attached hydrogen (secondary N) is 1. The third kappa shape index (κ3) is 3.36. The number of pyridine rings is 1. The standard InChI is InChI=1S/C18H17N3O4/c1-25-16-7-3-2-5-12(16)10-19-11-13-9-15(21(23)24)14-6-4-8-20-17(14)18(13)22/h2-9,19,22H,10-11H2,1H3. The average molecular weight is 339 g/mol. The quantitative estimate of drug-likeness (QED) is 0.529. The maximum atomic E-state index is 11.3. The van der Waals surface area contributed by atoms with Crippen LogP contribution in [0.1, 0.15) is 11.1 Å². The number of nitro groups is 1. The molecule has 0 aliphatic carbocycles. The summed E-state index contributed by atoms with van der Waals surface area (Å²) in [6.45, 7) is 0.759. The van der Waals surface area contributed by atoms with Crippen molar-refractivity contribution in [3.63, 3.8) is 0 Å². The van der Waals surface area contributed by atoms with E-state index in [1.165, 1.54) is 12.3 Å². The van der Waals surface area contributed by atoms with Crippen molar-refractivity contribution in [3.8, 4) is 11.5 Å². The van der Waals surface area contributed by atoms with Gasteiger partial charge in [0, 0.05) is 36.5 Å². The fourth-order valence-corrected chi connectivity index (χ4v) is 2.73. The van der Waals surface area contributed by atoms with Crippen molar-refractivity contribution in [1.29, 1.82) is 0 Å². The van der Waals surface area contributed by atoms with E-state index in [0.29, 0.717) is 17.5 Å². The van der Waals surface area contributed by atoms with Gasteiger partial charge >= 0.3 is 0 Å². The van der Waals surface area contributed by atoms with E-state index in [9.17, 15) is 15.2 Å². The van der Waals surface area contributed by atoms with Gasteiger partial charge in [0.15, 0.2) is 0 Å². The maximum Gasteiger partial charge on any atom is 0.279 e. The summed E-state index contributed by atoms with van der Waals surface area (Å²) >= 11 is 0. The molecule has 2 aromatic carbocycles. The Balaban J connectivity index is 1.86. The van der Waals surface area contributed by atoms with Crippen LogP contribution in [0.3, 0.4) is 0 Å². The van der Waals surface area contributed by atoms with Crippen molar-refractivity contribution >= 4 is 16.6 Å². The molecule has 0 aliphatic rings. The largest absolute Gasteiger partial charge is 0.505 e. The lowest BCUT2D eigenvalue weighted by molar-refractivity contribution is -0.383. The molecule has 128 valence electrons. The zero-order valence-corrected chi connectivity index (χ0v) is 13.6. The predicted molar refractivity (Wildman–Crippen MR) is 93.6 cm³/mol. The number of fused-ring (bicyclic) bond motifs is 1. The lowest BCUT2D eigenvalue weighted by Gasteiger charge is -2.11. The monoisotopic (exact) mass is 339 g/mol. The van der Waals surface area contributed by atoms with Gasteiger partial charge in [0.2, 0.25) is 0 Å². The number of nitrogens with zero attached hydrogens (tertiary/aromatic N) is 2. The van der Waals surface area contributed by atoms with Crippen molar-refractivity contribution in [2.75, 3.05) is 7.11 Å². The summed E-state index contributed by atoms with van der Waals surface area (Å²) in [5.41, 5.74) is 1.53. The van der Waals surface area contributed by atoms with E-state index in [0.717, 1.165) is 11.3 Å². The number of benzene rings is 2. The first kappa shape index (κ1) is 16.7. The Labute approximate surface area is 144 Å². The summed E-state index contributed by atoms with van der Waals surface area (Å²) < 4.78 is 5.29. The molecular weight excluding hydrogens is 322 g/mol. The van der Waals surface area contributed by atoms with Crippen LogP contribution in [0.4, 0.5) is 5.69 Å². The average Bonchev–Trinajstić information content (AvgIpc) is 2.64. The number of hydrogen-bond donors (Lipinski definition) is 2. The highest BCUT2D eigenvalue weighted by Crippen LogP contribution is 2.34. The molecule has 0 fully saturated rings. The molecule has 7 nitrogen and oxygen atoms in total. The first-order chi connectivity index (χ1) is 12.1. The van der Waals surface area contributed by atoms with E-state index in [-0.39, 0.29) is 23.5 Å². The number of rotatable bonds is 6. The van der Waals surface area contributed by atoms with Crippen molar-refractivity contribution < 1.29 is 14.8 Å². The zero-order valence-electron chi connectivity index (χ0n) is 13.6. The number of phenols is 1. The number of hydrogen-bond acceptors (Lipinski definition) is 6. The Kier molecular flexibility index (Phi) is 4.76. The highest BCUT2D eigenvalue weighted by Gasteiger charge is 2.19. The van der Waals surface area contributed by atoms with E-state index in [1.807, 2.05) is 24.3 Å². The van der Waals surface area contributed by atoms with Crippen molar-refractivity contribution in [2.45, 2.75) is 13.1 Å². The second-order valence-electron chi connectivity index (χ2n) is 5.48. The van der Waals surface area contributed by atoms with Crippen LogP contribution in [0, 0.1) is 10.1 Å². The van der Waals surface area contributed by atoms with Gasteiger partial charge in [-0.15, -0.1) is 0 Å². The van der Waals surface area contributed by atoms with Gasteiger partial charge in [0.05, 0.1) is 17.4 Å². The van der Waals surface area contributed by atoms with Crippen LogP contribution in [-0.4, -0.2) is 22.1 Å². The minimum Gasteiger partial charge on any atom is -0.505 e. The molecule has 3 rings (SSSR count). The van der Waals surface area contributed by atoms with Gasteiger partial charge < -0.3 is 15.2 Å². The first-order valence-electron chi connectivity index (χ1n) is 7.68. The summed E-state index contributed by atoms with van der Waals surface area (Å²) in [4.78, 5) is 14.9. The summed E-state index contributed by atoms with van der Waals surface area (Å²) in [5, 5.41) is 25.2. The van der Waals surface area contributed by atoms with Crippen LogP contribution in [0.15, 0.2) is 48.7 Å². The van der Waals surface area contributed by atoms with Crippen molar-refractivity contribution in [2.24, 2.45) is 0 Å². The Morgan fingerprint density at radius 2 is 1.96 bits per heavy atom. The molecule has 3 aromatic rings. The third-order valence-electron chi connectivity index (χ3n) is 3.94. The normalized spacial score (nSPS) is 10.8. The second kappa shape index (κ2) is 7.14. The molecule has 2 N–H and O–H groups in total. The molecule has 0 aliphatic heterocycles. The number of methoxy groups -OCH3 is 1. The van der Waals surface area contributed by atoms with Gasteiger partial charge in [0.1, 0.15) is 17.0 Å². The zero-order chi connectivity index (χ0) is 17.8. The van der Waals surface area contributed by atoms with Gasteiger partial charge in [-0.25, -0.2) is 0 Å². The van der Waals surface area contributed by atoms with Crippen LogP contribution in [0.2, 0.25) is 0 Å². The molecule has 1 heterocycles. The molecule has 0 spiro atoms. The highest BCUT2D eigenvalue weighted by molar-refractivity contribution is 5.93. The minimum absolute atomic E-state index is 0.0475. The lowest BCUT2D eigenvalue weighted by atomic mass is 10.1. The van der Waals surface area contributed by atoms with Gasteiger partial charge in [-0.05, 0) is 18.2 Å². The summed E-state index contributed by atoms with van der Waals surface area (Å²) in [7, 11) is 1.60.